The molecule has 3 rings (SSSR count). The molecule has 0 fully saturated rings. The van der Waals surface area contributed by atoms with Crippen LogP contribution in [0.15, 0.2) is 48.5 Å². The lowest BCUT2D eigenvalue weighted by molar-refractivity contribution is 0.563. The lowest BCUT2D eigenvalue weighted by Crippen LogP contribution is -2.46. The summed E-state index contributed by atoms with van der Waals surface area (Å²) in [7, 11) is -1.50. The molecule has 2 aromatic rings. The van der Waals surface area contributed by atoms with E-state index in [9.17, 15) is 0 Å². The summed E-state index contributed by atoms with van der Waals surface area (Å²) in [6.45, 7) is 14.8. The van der Waals surface area contributed by atoms with Crippen molar-refractivity contribution in [1.29, 1.82) is 5.26 Å². The number of para-hydroxylation sites is 1. The topological polar surface area (TPSA) is 35.8 Å². The molecule has 2 atom stereocenters. The molecule has 0 aliphatic carbocycles. The molecule has 1 aliphatic heterocycles. The Hall–Kier alpha value is -2.05. The number of hydrogen-bond donors (Lipinski definition) is 1. The van der Waals surface area contributed by atoms with Crippen molar-refractivity contribution in [2.24, 2.45) is 0 Å². The van der Waals surface area contributed by atoms with Crippen molar-refractivity contribution in [2.75, 3.05) is 5.32 Å². The third kappa shape index (κ3) is 4.14. The maximum atomic E-state index is 9.13. The molecule has 1 N–H and O–H groups in total. The highest BCUT2D eigenvalue weighted by Crippen LogP contribution is 2.52. The molecule has 2 nitrogen and oxygen atoms in total. The summed E-state index contributed by atoms with van der Waals surface area (Å²) in [5.41, 5.74) is 7.13. The summed E-state index contributed by atoms with van der Waals surface area (Å²) in [6, 6.07) is 20.9. The molecular formula is C26H36N2Si. The van der Waals surface area contributed by atoms with Crippen LogP contribution in [0.25, 0.3) is 0 Å². The fraction of sp³-hybridized carbons (Fsp3) is 0.500. The Morgan fingerprint density at radius 3 is 2.07 bits per heavy atom. The number of fused-ring (bicyclic) bond motifs is 1. The first-order valence-corrected chi connectivity index (χ1v) is 13.6. The van der Waals surface area contributed by atoms with Gasteiger partial charge in [-0.2, -0.15) is 5.26 Å². The average Bonchev–Trinajstić information content (AvgIpc) is 2.70. The minimum Gasteiger partial charge on any atom is -0.378 e. The van der Waals surface area contributed by atoms with Crippen LogP contribution in [0.1, 0.15) is 76.6 Å². The van der Waals surface area contributed by atoms with E-state index in [4.69, 9.17) is 5.26 Å². The number of nitrogens with one attached hydrogen (secondary N) is 1. The Morgan fingerprint density at radius 1 is 0.931 bits per heavy atom. The summed E-state index contributed by atoms with van der Waals surface area (Å²) >= 11 is 0. The molecule has 3 heteroatoms. The van der Waals surface area contributed by atoms with Gasteiger partial charge in [0.1, 0.15) is 0 Å². The number of hydrogen-bond acceptors (Lipinski definition) is 2. The Balaban J connectivity index is 1.99. The minimum atomic E-state index is -1.50. The summed E-state index contributed by atoms with van der Waals surface area (Å²) in [5, 5.41) is 12.9. The predicted octanol–water partition coefficient (Wildman–Crippen LogP) is 7.88. The highest BCUT2D eigenvalue weighted by molar-refractivity contribution is 6.83. The van der Waals surface area contributed by atoms with E-state index in [1.165, 1.54) is 22.9 Å². The monoisotopic (exact) mass is 404 g/mol. The Morgan fingerprint density at radius 2 is 1.52 bits per heavy atom. The van der Waals surface area contributed by atoms with E-state index in [0.29, 0.717) is 12.0 Å². The normalized spacial score (nSPS) is 19.2. The summed E-state index contributed by atoms with van der Waals surface area (Å²) in [4.78, 5) is 0. The van der Waals surface area contributed by atoms with Crippen molar-refractivity contribution in [3.8, 4) is 6.07 Å². The molecule has 1 aliphatic rings. The van der Waals surface area contributed by atoms with E-state index in [1.54, 1.807) is 0 Å². The Bertz CT molecular complexity index is 839. The summed E-state index contributed by atoms with van der Waals surface area (Å²) in [6.07, 6.45) is 1.13. The van der Waals surface area contributed by atoms with E-state index in [-0.39, 0.29) is 0 Å². The van der Waals surface area contributed by atoms with Gasteiger partial charge in [-0.15, -0.1) is 0 Å². The molecule has 0 unspecified atom stereocenters. The summed E-state index contributed by atoms with van der Waals surface area (Å²) in [5.74, 6) is 0.590. The van der Waals surface area contributed by atoms with E-state index in [1.807, 2.05) is 12.1 Å². The van der Waals surface area contributed by atoms with Crippen LogP contribution in [0, 0.1) is 11.3 Å². The second-order valence-electron chi connectivity index (χ2n) is 9.73. The number of nitriles is 1. The maximum Gasteiger partial charge on any atom is 0.0991 e. The van der Waals surface area contributed by atoms with Crippen LogP contribution >= 0.6 is 0 Å². The molecule has 2 aromatic carbocycles. The third-order valence-corrected chi connectivity index (χ3v) is 15.2. The molecule has 0 saturated heterocycles. The Kier molecular flexibility index (Phi) is 6.54. The van der Waals surface area contributed by atoms with Crippen LogP contribution < -0.4 is 5.32 Å². The van der Waals surface area contributed by atoms with Gasteiger partial charge in [0.15, 0.2) is 0 Å². The molecule has 29 heavy (non-hydrogen) atoms. The molecule has 0 radical (unpaired) electrons. The number of rotatable bonds is 6. The van der Waals surface area contributed by atoms with E-state index in [2.05, 4.69) is 89.3 Å². The molecule has 154 valence electrons. The molecule has 0 aromatic heterocycles. The van der Waals surface area contributed by atoms with E-state index in [0.717, 1.165) is 28.6 Å². The molecule has 1 heterocycles. The largest absolute Gasteiger partial charge is 0.378 e. The molecule has 0 bridgehead atoms. The molecule has 0 saturated carbocycles. The van der Waals surface area contributed by atoms with E-state index < -0.39 is 8.07 Å². The summed E-state index contributed by atoms with van der Waals surface area (Å²) < 4.78 is 0. The first-order chi connectivity index (χ1) is 13.8. The van der Waals surface area contributed by atoms with Gasteiger partial charge in [-0.1, -0.05) is 88.5 Å². The van der Waals surface area contributed by atoms with Crippen molar-refractivity contribution in [1.82, 2.24) is 0 Å². The number of anilines is 1. The molecule has 0 amide bonds. The van der Waals surface area contributed by atoms with Crippen LogP contribution in [0.2, 0.25) is 22.7 Å². The fourth-order valence-electron chi connectivity index (χ4n) is 5.98. The first kappa shape index (κ1) is 21.7. The molecular weight excluding hydrogens is 368 g/mol. The third-order valence-electron chi connectivity index (χ3n) is 7.52. The Labute approximate surface area is 178 Å². The van der Waals surface area contributed by atoms with Crippen LogP contribution in [0.3, 0.4) is 0 Å². The van der Waals surface area contributed by atoms with Crippen molar-refractivity contribution < 1.29 is 0 Å². The van der Waals surface area contributed by atoms with Crippen LogP contribution in [0.4, 0.5) is 5.69 Å². The zero-order chi connectivity index (χ0) is 21.2. The second kappa shape index (κ2) is 8.75. The number of nitrogens with zero attached hydrogens (tertiary/aromatic N) is 1. The van der Waals surface area contributed by atoms with Gasteiger partial charge >= 0.3 is 0 Å². The highest BCUT2D eigenvalue weighted by atomic mass is 28.3. The van der Waals surface area contributed by atoms with Crippen LogP contribution in [-0.2, 0) is 0 Å². The zero-order valence-electron chi connectivity index (χ0n) is 18.9. The fourth-order valence-corrected chi connectivity index (χ4v) is 12.6. The van der Waals surface area contributed by atoms with Gasteiger partial charge in [0.05, 0.1) is 25.7 Å². The van der Waals surface area contributed by atoms with E-state index >= 15 is 0 Å². The van der Waals surface area contributed by atoms with Crippen molar-refractivity contribution in [3.63, 3.8) is 0 Å². The lowest BCUT2D eigenvalue weighted by Gasteiger charge is -2.47. The SMILES string of the molecule is CC(C)[Si](C[C@@H]1C[C@H](c2ccc(C#N)cc2)Nc2ccccc21)(C(C)C)C(C)C. The average molecular weight is 405 g/mol. The van der Waals surface area contributed by atoms with Crippen molar-refractivity contribution >= 4 is 13.8 Å². The minimum absolute atomic E-state index is 0.306. The van der Waals surface area contributed by atoms with Gasteiger partial charge in [-0.25, -0.2) is 0 Å². The van der Waals surface area contributed by atoms with Gasteiger partial charge in [-0.3, -0.25) is 0 Å². The molecule has 0 spiro atoms. The van der Waals surface area contributed by atoms with Crippen molar-refractivity contribution in [2.45, 2.75) is 82.6 Å². The van der Waals surface area contributed by atoms with Gasteiger partial charge < -0.3 is 5.32 Å². The second-order valence-corrected chi connectivity index (χ2v) is 15.8. The van der Waals surface area contributed by atoms with Crippen LogP contribution in [0.5, 0.6) is 0 Å². The predicted molar refractivity (Wildman–Crippen MR) is 127 cm³/mol. The first-order valence-electron chi connectivity index (χ1n) is 11.1. The van der Waals surface area contributed by atoms with Crippen LogP contribution in [-0.4, -0.2) is 8.07 Å². The zero-order valence-corrected chi connectivity index (χ0v) is 19.9. The quantitative estimate of drug-likeness (QED) is 0.497. The van der Waals surface area contributed by atoms with Crippen molar-refractivity contribution in [3.05, 3.63) is 65.2 Å². The highest BCUT2D eigenvalue weighted by Gasteiger charge is 2.45. The lowest BCUT2D eigenvalue weighted by atomic mass is 9.85. The van der Waals surface area contributed by atoms with Gasteiger partial charge in [0, 0.05) is 5.69 Å². The van der Waals surface area contributed by atoms with Gasteiger partial charge in [-0.05, 0) is 47.7 Å². The van der Waals surface area contributed by atoms with Gasteiger partial charge in [0.2, 0.25) is 0 Å². The smallest absolute Gasteiger partial charge is 0.0991 e. The van der Waals surface area contributed by atoms with Gasteiger partial charge in [0.25, 0.3) is 0 Å². The number of benzene rings is 2. The standard InChI is InChI=1S/C26H36N2Si/c1-18(2)29(19(3)4,20(5)6)17-23-15-26(22-13-11-21(16-27)12-14-22)28-25-10-8-7-9-24(23)25/h7-14,18-20,23,26,28H,15,17H2,1-6H3/t23-,26+/m0/s1. The maximum absolute atomic E-state index is 9.13.